The number of carbonyl (C=O) groups excluding carboxylic acids is 2. The molecule has 1 aromatic heterocycles. The number of rotatable bonds is 4. The molecule has 0 radical (unpaired) electrons. The Bertz CT molecular complexity index is 1320. The lowest BCUT2D eigenvalue weighted by Gasteiger charge is -2.30. The minimum atomic E-state index is -0.395. The first-order valence-electron chi connectivity index (χ1n) is 10.7. The van der Waals surface area contributed by atoms with Crippen LogP contribution in [0.25, 0.3) is 5.69 Å². The number of hydrogen-bond acceptors (Lipinski definition) is 3. The maximum absolute atomic E-state index is 13.3. The van der Waals surface area contributed by atoms with Gasteiger partial charge in [-0.25, -0.2) is 9.07 Å². The van der Waals surface area contributed by atoms with Gasteiger partial charge in [-0.2, -0.15) is 5.10 Å². The summed E-state index contributed by atoms with van der Waals surface area (Å²) < 4.78 is 14.9. The summed E-state index contributed by atoms with van der Waals surface area (Å²) in [6, 6.07) is 20.5. The number of fused-ring (bicyclic) bond motifs is 1. The average molecular weight is 440 g/mol. The molecule has 0 saturated carbocycles. The van der Waals surface area contributed by atoms with E-state index < -0.39 is 5.82 Å². The van der Waals surface area contributed by atoms with E-state index in [-0.39, 0.29) is 11.8 Å². The number of nitrogens with one attached hydrogen (secondary N) is 1. The molecule has 3 aromatic carbocycles. The largest absolute Gasteiger partial charge is 0.322 e. The molecule has 0 fully saturated rings. The Morgan fingerprint density at radius 2 is 1.70 bits per heavy atom. The minimum Gasteiger partial charge on any atom is -0.322 e. The fourth-order valence-corrected chi connectivity index (χ4v) is 4.06. The fraction of sp³-hybridized carbons (Fsp3) is 0.115. The lowest BCUT2D eigenvalue weighted by atomic mass is 9.98. The van der Waals surface area contributed by atoms with E-state index in [2.05, 4.69) is 10.4 Å². The molecule has 164 valence electrons. The third-order valence-corrected chi connectivity index (χ3v) is 5.70. The predicted molar refractivity (Wildman–Crippen MR) is 124 cm³/mol. The molecule has 0 spiro atoms. The molecular formula is C26H21FN4O2. The monoisotopic (exact) mass is 440 g/mol. The number of aromatic nitrogens is 2. The van der Waals surface area contributed by atoms with E-state index in [9.17, 15) is 14.0 Å². The van der Waals surface area contributed by atoms with Gasteiger partial charge in [0.25, 0.3) is 11.8 Å². The van der Waals surface area contributed by atoms with E-state index in [1.165, 1.54) is 24.3 Å². The van der Waals surface area contributed by atoms with E-state index >= 15 is 0 Å². The Labute approximate surface area is 190 Å². The highest BCUT2D eigenvalue weighted by atomic mass is 19.1. The lowest BCUT2D eigenvalue weighted by Crippen LogP contribution is -2.35. The standard InChI is InChI=1S/C26H21FN4O2/c27-20-13-11-18(12-14-20)25(32)29-23-9-4-10-24-22(23)8-5-15-30(24)26(33)19-16-28-31(17-19)21-6-2-1-3-7-21/h1-4,6-7,9-14,16-17H,5,8,15H2,(H,29,32). The molecule has 7 heteroatoms. The van der Waals surface area contributed by atoms with Crippen LogP contribution in [-0.2, 0) is 6.42 Å². The van der Waals surface area contributed by atoms with Gasteiger partial charge < -0.3 is 10.2 Å². The Morgan fingerprint density at radius 1 is 0.909 bits per heavy atom. The van der Waals surface area contributed by atoms with Crippen molar-refractivity contribution in [1.82, 2.24) is 9.78 Å². The van der Waals surface area contributed by atoms with Crippen molar-refractivity contribution >= 4 is 23.2 Å². The molecule has 0 bridgehead atoms. The van der Waals surface area contributed by atoms with Gasteiger partial charge >= 0.3 is 0 Å². The highest BCUT2D eigenvalue weighted by Crippen LogP contribution is 2.34. The SMILES string of the molecule is O=C(Nc1cccc2c1CCCN2C(=O)c1cnn(-c2ccccc2)c1)c1ccc(F)cc1. The molecule has 4 aromatic rings. The van der Waals surface area contributed by atoms with Gasteiger partial charge in [0.1, 0.15) is 5.82 Å². The molecule has 1 aliphatic rings. The second-order valence-electron chi connectivity index (χ2n) is 7.83. The van der Waals surface area contributed by atoms with Gasteiger partial charge in [-0.05, 0) is 66.9 Å². The molecule has 0 saturated heterocycles. The van der Waals surface area contributed by atoms with Gasteiger partial charge in [0.15, 0.2) is 0 Å². The van der Waals surface area contributed by atoms with Crippen LogP contribution in [0, 0.1) is 5.82 Å². The van der Waals surface area contributed by atoms with E-state index in [0.717, 1.165) is 29.8 Å². The smallest absolute Gasteiger partial charge is 0.261 e. The molecule has 6 nitrogen and oxygen atoms in total. The van der Waals surface area contributed by atoms with Crippen LogP contribution in [0.4, 0.5) is 15.8 Å². The number of hydrogen-bond donors (Lipinski definition) is 1. The van der Waals surface area contributed by atoms with Gasteiger partial charge in [-0.3, -0.25) is 9.59 Å². The van der Waals surface area contributed by atoms with E-state index in [0.29, 0.717) is 23.4 Å². The molecule has 33 heavy (non-hydrogen) atoms. The molecule has 1 N–H and O–H groups in total. The van der Waals surface area contributed by atoms with Crippen LogP contribution in [0.15, 0.2) is 85.2 Å². The topological polar surface area (TPSA) is 67.2 Å². The zero-order valence-corrected chi connectivity index (χ0v) is 17.7. The summed E-state index contributed by atoms with van der Waals surface area (Å²) in [4.78, 5) is 27.7. The minimum absolute atomic E-state index is 0.139. The molecule has 0 aliphatic carbocycles. The van der Waals surface area contributed by atoms with Crippen molar-refractivity contribution < 1.29 is 14.0 Å². The van der Waals surface area contributed by atoms with Crippen molar-refractivity contribution in [2.45, 2.75) is 12.8 Å². The number of anilines is 2. The van der Waals surface area contributed by atoms with Crippen LogP contribution >= 0.6 is 0 Å². The van der Waals surface area contributed by atoms with Crippen LogP contribution < -0.4 is 10.2 Å². The maximum atomic E-state index is 13.3. The van der Waals surface area contributed by atoms with Crippen molar-refractivity contribution in [3.63, 3.8) is 0 Å². The van der Waals surface area contributed by atoms with Crippen molar-refractivity contribution in [1.29, 1.82) is 0 Å². The second kappa shape index (κ2) is 8.70. The van der Waals surface area contributed by atoms with Crippen LogP contribution in [0.2, 0.25) is 0 Å². The first-order chi connectivity index (χ1) is 16.1. The summed E-state index contributed by atoms with van der Waals surface area (Å²) in [7, 11) is 0. The Hall–Kier alpha value is -4.26. The summed E-state index contributed by atoms with van der Waals surface area (Å²) in [5, 5.41) is 7.26. The summed E-state index contributed by atoms with van der Waals surface area (Å²) >= 11 is 0. The molecule has 2 amide bonds. The van der Waals surface area contributed by atoms with Gasteiger partial charge in [-0.15, -0.1) is 0 Å². The zero-order valence-electron chi connectivity index (χ0n) is 17.7. The van der Waals surface area contributed by atoms with Crippen LogP contribution in [0.5, 0.6) is 0 Å². The Kier molecular flexibility index (Phi) is 5.44. The van der Waals surface area contributed by atoms with Crippen molar-refractivity contribution in [3.8, 4) is 5.69 Å². The molecule has 2 heterocycles. The summed E-state index contributed by atoms with van der Waals surface area (Å²) in [5.41, 5.74) is 4.07. The van der Waals surface area contributed by atoms with Gasteiger partial charge in [-0.1, -0.05) is 24.3 Å². The van der Waals surface area contributed by atoms with E-state index in [1.54, 1.807) is 22.0 Å². The molecular weight excluding hydrogens is 419 g/mol. The highest BCUT2D eigenvalue weighted by Gasteiger charge is 2.26. The number of amides is 2. The summed E-state index contributed by atoms with van der Waals surface area (Å²) in [6.45, 7) is 0.581. The Morgan fingerprint density at radius 3 is 2.48 bits per heavy atom. The maximum Gasteiger partial charge on any atom is 0.261 e. The highest BCUT2D eigenvalue weighted by molar-refractivity contribution is 6.08. The van der Waals surface area contributed by atoms with E-state index in [1.807, 2.05) is 48.5 Å². The fourth-order valence-electron chi connectivity index (χ4n) is 4.06. The number of para-hydroxylation sites is 1. The van der Waals surface area contributed by atoms with Crippen LogP contribution in [-0.4, -0.2) is 28.1 Å². The normalized spacial score (nSPS) is 12.8. The second-order valence-corrected chi connectivity index (χ2v) is 7.83. The number of carbonyl (C=O) groups is 2. The van der Waals surface area contributed by atoms with Crippen molar-refractivity contribution in [2.75, 3.05) is 16.8 Å². The summed E-state index contributed by atoms with van der Waals surface area (Å²) in [6.07, 6.45) is 4.81. The number of benzene rings is 3. The first kappa shape index (κ1) is 20.6. The molecule has 0 unspecified atom stereocenters. The van der Waals surface area contributed by atoms with Crippen LogP contribution in [0.1, 0.15) is 32.7 Å². The predicted octanol–water partition coefficient (Wildman–Crippen LogP) is 4.86. The molecule has 5 rings (SSSR count). The summed E-state index contributed by atoms with van der Waals surface area (Å²) in [5.74, 6) is -0.857. The lowest BCUT2D eigenvalue weighted by molar-refractivity contribution is 0.0984. The quantitative estimate of drug-likeness (QED) is 0.493. The molecule has 0 atom stereocenters. The van der Waals surface area contributed by atoms with Crippen LogP contribution in [0.3, 0.4) is 0 Å². The Balaban J connectivity index is 1.40. The first-order valence-corrected chi connectivity index (χ1v) is 10.7. The zero-order chi connectivity index (χ0) is 22.8. The third kappa shape index (κ3) is 4.13. The number of nitrogens with zero attached hydrogens (tertiary/aromatic N) is 3. The van der Waals surface area contributed by atoms with Gasteiger partial charge in [0, 0.05) is 29.7 Å². The number of halogens is 1. The van der Waals surface area contributed by atoms with Crippen molar-refractivity contribution in [3.05, 3.63) is 108 Å². The van der Waals surface area contributed by atoms with E-state index in [4.69, 9.17) is 0 Å². The molecule has 1 aliphatic heterocycles. The van der Waals surface area contributed by atoms with Gasteiger partial charge in [0.05, 0.1) is 17.4 Å². The third-order valence-electron chi connectivity index (χ3n) is 5.70. The van der Waals surface area contributed by atoms with Gasteiger partial charge in [0.2, 0.25) is 0 Å². The van der Waals surface area contributed by atoms with Crippen molar-refractivity contribution in [2.24, 2.45) is 0 Å². The average Bonchev–Trinajstić information content (AvgIpc) is 3.35.